The van der Waals surface area contributed by atoms with Gasteiger partial charge in [-0.15, -0.1) is 0 Å². The zero-order valence-electron chi connectivity index (χ0n) is 17.6. The number of aryl methyl sites for hydroxylation is 2. The van der Waals surface area contributed by atoms with Gasteiger partial charge in [-0.25, -0.2) is 16.8 Å². The first-order valence-electron chi connectivity index (χ1n) is 9.94. The van der Waals surface area contributed by atoms with E-state index in [1.165, 1.54) is 10.0 Å². The summed E-state index contributed by atoms with van der Waals surface area (Å²) in [5.41, 5.74) is 3.84. The highest BCUT2D eigenvalue weighted by Crippen LogP contribution is 2.31. The Labute approximate surface area is 181 Å². The summed E-state index contributed by atoms with van der Waals surface area (Å²) < 4.78 is 42.6. The molecule has 5 nitrogen and oxygen atoms in total. The van der Waals surface area contributed by atoms with Crippen molar-refractivity contribution in [3.05, 3.63) is 89.4 Å². The first-order valence-corrected chi connectivity index (χ1v) is 11.4. The maximum atomic E-state index is 14.3. The number of benzene rings is 3. The van der Waals surface area contributed by atoms with Gasteiger partial charge < -0.3 is 10.6 Å². The SMILES string of the molecule is CNCc1cn(S(=O)(=O)c2ccccc2C)c2cc(Nc3ccc(C)cc3F)ccc12. The number of fused-ring (bicyclic) bond motifs is 1. The molecule has 0 aliphatic carbocycles. The van der Waals surface area contributed by atoms with Crippen LogP contribution in [-0.2, 0) is 16.6 Å². The highest BCUT2D eigenvalue weighted by molar-refractivity contribution is 7.90. The molecule has 0 fully saturated rings. The Hall–Kier alpha value is -3.16. The van der Waals surface area contributed by atoms with E-state index in [9.17, 15) is 12.8 Å². The standard InChI is InChI=1S/C24H24FN3O2S/c1-16-8-11-22(21(25)12-16)27-19-9-10-20-18(14-26-3)15-28(23(20)13-19)31(29,30)24-7-5-4-6-17(24)2/h4-13,15,26-27H,14H2,1-3H3. The Balaban J connectivity index is 1.87. The summed E-state index contributed by atoms with van der Waals surface area (Å²) in [6, 6.07) is 17.3. The molecule has 0 aliphatic rings. The van der Waals surface area contributed by atoms with Gasteiger partial charge in [0.05, 0.1) is 16.1 Å². The quantitative estimate of drug-likeness (QED) is 0.441. The molecule has 0 atom stereocenters. The molecule has 1 aromatic heterocycles. The third-order valence-corrected chi connectivity index (χ3v) is 7.09. The van der Waals surface area contributed by atoms with Crippen molar-refractivity contribution in [3.63, 3.8) is 0 Å². The van der Waals surface area contributed by atoms with Gasteiger partial charge >= 0.3 is 0 Å². The highest BCUT2D eigenvalue weighted by atomic mass is 32.2. The maximum absolute atomic E-state index is 14.3. The molecule has 3 aromatic carbocycles. The fraction of sp³-hybridized carbons (Fsp3) is 0.167. The minimum atomic E-state index is -3.81. The molecule has 160 valence electrons. The molecule has 0 saturated heterocycles. The number of halogens is 1. The van der Waals surface area contributed by atoms with Gasteiger partial charge in [0, 0.05) is 23.8 Å². The molecule has 0 saturated carbocycles. The second kappa shape index (κ2) is 8.17. The molecule has 0 amide bonds. The van der Waals surface area contributed by atoms with E-state index >= 15 is 0 Å². The second-order valence-electron chi connectivity index (χ2n) is 7.59. The molecular weight excluding hydrogens is 413 g/mol. The number of hydrogen-bond acceptors (Lipinski definition) is 4. The summed E-state index contributed by atoms with van der Waals surface area (Å²) in [6.07, 6.45) is 1.65. The van der Waals surface area contributed by atoms with Crippen molar-refractivity contribution in [2.24, 2.45) is 0 Å². The molecule has 0 bridgehead atoms. The van der Waals surface area contributed by atoms with Crippen LogP contribution < -0.4 is 10.6 Å². The summed E-state index contributed by atoms with van der Waals surface area (Å²) >= 11 is 0. The summed E-state index contributed by atoms with van der Waals surface area (Å²) in [5, 5.41) is 6.97. The van der Waals surface area contributed by atoms with E-state index in [4.69, 9.17) is 0 Å². The Kier molecular flexibility index (Phi) is 5.56. The summed E-state index contributed by atoms with van der Waals surface area (Å²) in [6.45, 7) is 4.12. The van der Waals surface area contributed by atoms with Crippen molar-refractivity contribution in [1.82, 2.24) is 9.29 Å². The second-order valence-corrected chi connectivity index (χ2v) is 9.37. The number of anilines is 2. The molecule has 0 unspecified atom stereocenters. The van der Waals surface area contributed by atoms with Crippen molar-refractivity contribution < 1.29 is 12.8 Å². The van der Waals surface area contributed by atoms with E-state index in [1.54, 1.807) is 43.5 Å². The monoisotopic (exact) mass is 437 g/mol. The van der Waals surface area contributed by atoms with Gasteiger partial charge in [0.15, 0.2) is 0 Å². The van der Waals surface area contributed by atoms with E-state index in [1.807, 2.05) is 38.2 Å². The van der Waals surface area contributed by atoms with Crippen LogP contribution in [0.15, 0.2) is 71.8 Å². The largest absolute Gasteiger partial charge is 0.353 e. The van der Waals surface area contributed by atoms with Gasteiger partial charge in [0.25, 0.3) is 10.0 Å². The number of nitrogens with zero attached hydrogens (tertiary/aromatic N) is 1. The van der Waals surface area contributed by atoms with Crippen molar-refractivity contribution in [2.45, 2.75) is 25.3 Å². The van der Waals surface area contributed by atoms with E-state index in [-0.39, 0.29) is 10.7 Å². The molecule has 1 heterocycles. The summed E-state index contributed by atoms with van der Waals surface area (Å²) in [5.74, 6) is -0.362. The van der Waals surface area contributed by atoms with Gasteiger partial charge in [-0.05, 0) is 67.9 Å². The number of rotatable bonds is 6. The van der Waals surface area contributed by atoms with Gasteiger partial charge in [0.2, 0.25) is 0 Å². The first-order chi connectivity index (χ1) is 14.8. The van der Waals surface area contributed by atoms with Crippen LogP contribution in [0.2, 0.25) is 0 Å². The molecule has 31 heavy (non-hydrogen) atoms. The van der Waals surface area contributed by atoms with Crippen molar-refractivity contribution in [2.75, 3.05) is 12.4 Å². The molecule has 4 aromatic rings. The van der Waals surface area contributed by atoms with Gasteiger partial charge in [0.1, 0.15) is 5.82 Å². The van der Waals surface area contributed by atoms with Crippen LogP contribution in [0.5, 0.6) is 0 Å². The van der Waals surface area contributed by atoms with Gasteiger partial charge in [-0.2, -0.15) is 0 Å². The summed E-state index contributed by atoms with van der Waals surface area (Å²) in [4.78, 5) is 0.255. The lowest BCUT2D eigenvalue weighted by atomic mass is 10.1. The van der Waals surface area contributed by atoms with Crippen LogP contribution in [0.25, 0.3) is 10.9 Å². The van der Waals surface area contributed by atoms with E-state index in [0.29, 0.717) is 29.0 Å². The highest BCUT2D eigenvalue weighted by Gasteiger charge is 2.23. The Morgan fingerprint density at radius 1 is 1.00 bits per heavy atom. The molecule has 2 N–H and O–H groups in total. The number of aromatic nitrogens is 1. The lowest BCUT2D eigenvalue weighted by Crippen LogP contribution is -2.13. The molecule has 0 spiro atoms. The van der Waals surface area contributed by atoms with Crippen LogP contribution >= 0.6 is 0 Å². The maximum Gasteiger partial charge on any atom is 0.268 e. The van der Waals surface area contributed by atoms with Crippen LogP contribution in [0.3, 0.4) is 0 Å². The number of nitrogens with one attached hydrogen (secondary N) is 2. The van der Waals surface area contributed by atoms with E-state index in [2.05, 4.69) is 10.6 Å². The minimum absolute atomic E-state index is 0.255. The lowest BCUT2D eigenvalue weighted by Gasteiger charge is -2.12. The summed E-state index contributed by atoms with van der Waals surface area (Å²) in [7, 11) is -2.00. The van der Waals surface area contributed by atoms with Crippen LogP contribution in [0, 0.1) is 19.7 Å². The number of hydrogen-bond donors (Lipinski definition) is 2. The Morgan fingerprint density at radius 2 is 1.77 bits per heavy atom. The van der Waals surface area contributed by atoms with Crippen LogP contribution in [-0.4, -0.2) is 19.4 Å². The van der Waals surface area contributed by atoms with Crippen LogP contribution in [0.1, 0.15) is 16.7 Å². The molecule has 0 aliphatic heterocycles. The fourth-order valence-corrected chi connectivity index (χ4v) is 5.32. The predicted octanol–water partition coefficient (Wildman–Crippen LogP) is 5.10. The third kappa shape index (κ3) is 3.94. The van der Waals surface area contributed by atoms with Crippen molar-refractivity contribution in [1.29, 1.82) is 0 Å². The molecule has 7 heteroatoms. The smallest absolute Gasteiger partial charge is 0.268 e. The topological polar surface area (TPSA) is 63.1 Å². The third-order valence-electron chi connectivity index (χ3n) is 5.26. The van der Waals surface area contributed by atoms with Gasteiger partial charge in [-0.1, -0.05) is 30.3 Å². The van der Waals surface area contributed by atoms with Crippen LogP contribution in [0.4, 0.5) is 15.8 Å². The molecule has 0 radical (unpaired) electrons. The fourth-order valence-electron chi connectivity index (χ4n) is 3.70. The van der Waals surface area contributed by atoms with Crippen molar-refractivity contribution in [3.8, 4) is 0 Å². The first kappa shape index (κ1) is 21.1. The average molecular weight is 438 g/mol. The normalized spacial score (nSPS) is 11.7. The zero-order valence-corrected chi connectivity index (χ0v) is 18.4. The van der Waals surface area contributed by atoms with E-state index < -0.39 is 10.0 Å². The minimum Gasteiger partial charge on any atom is -0.353 e. The Morgan fingerprint density at radius 3 is 2.48 bits per heavy atom. The molecular formula is C24H24FN3O2S. The zero-order chi connectivity index (χ0) is 22.2. The predicted molar refractivity (Wildman–Crippen MR) is 123 cm³/mol. The van der Waals surface area contributed by atoms with Gasteiger partial charge in [-0.3, -0.25) is 0 Å². The average Bonchev–Trinajstić information content (AvgIpc) is 3.09. The lowest BCUT2D eigenvalue weighted by molar-refractivity contribution is 0.588. The van der Waals surface area contributed by atoms with Crippen molar-refractivity contribution >= 4 is 32.3 Å². The Bertz CT molecular complexity index is 1380. The molecule has 4 rings (SSSR count). The van der Waals surface area contributed by atoms with E-state index in [0.717, 1.165) is 16.5 Å².